The Morgan fingerprint density at radius 2 is 1.85 bits per heavy atom. The van der Waals surface area contributed by atoms with Gasteiger partial charge in [0.15, 0.2) is 5.69 Å². The number of rotatable bonds is 5. The first-order chi connectivity index (χ1) is 16.2. The van der Waals surface area contributed by atoms with Gasteiger partial charge in [0.1, 0.15) is 16.1 Å². The zero-order chi connectivity index (χ0) is 24.6. The van der Waals surface area contributed by atoms with Crippen LogP contribution in [0, 0.1) is 6.92 Å². The molecule has 0 saturated carbocycles. The second-order valence-corrected chi connectivity index (χ2v) is 8.58. The lowest BCUT2D eigenvalue weighted by atomic mass is 10.0. The molecule has 0 spiro atoms. The molecule has 0 aliphatic carbocycles. The van der Waals surface area contributed by atoms with Gasteiger partial charge in [-0.05, 0) is 49.7 Å². The third kappa shape index (κ3) is 4.47. The topological polar surface area (TPSA) is 99.0 Å². The molecule has 34 heavy (non-hydrogen) atoms. The Balaban J connectivity index is 1.87. The van der Waals surface area contributed by atoms with Gasteiger partial charge >= 0.3 is 5.97 Å². The van der Waals surface area contributed by atoms with Crippen molar-refractivity contribution in [1.29, 1.82) is 0 Å². The first-order valence-corrected chi connectivity index (χ1v) is 11.1. The van der Waals surface area contributed by atoms with E-state index in [1.165, 1.54) is 11.7 Å². The lowest BCUT2D eigenvalue weighted by molar-refractivity contribution is 0.0595. The molecule has 0 aliphatic rings. The number of ether oxygens (including phenoxy) is 1. The quantitative estimate of drug-likeness (QED) is 0.307. The highest BCUT2D eigenvalue weighted by Gasteiger charge is 2.20. The fourth-order valence-corrected chi connectivity index (χ4v) is 4.02. The summed E-state index contributed by atoms with van der Waals surface area (Å²) < 4.78 is 6.33. The van der Waals surface area contributed by atoms with Crippen LogP contribution in [0.5, 0.6) is 0 Å². The lowest BCUT2D eigenvalue weighted by Crippen LogP contribution is -2.22. The van der Waals surface area contributed by atoms with Crippen LogP contribution in [-0.4, -0.2) is 32.6 Å². The summed E-state index contributed by atoms with van der Waals surface area (Å²) in [4.78, 5) is 38.5. The van der Waals surface area contributed by atoms with Gasteiger partial charge in [0.25, 0.3) is 5.56 Å². The molecular weight excluding hydrogens is 477 g/mol. The van der Waals surface area contributed by atoms with Gasteiger partial charge in [-0.25, -0.2) is 19.7 Å². The summed E-state index contributed by atoms with van der Waals surface area (Å²) in [6.45, 7) is 3.82. The molecule has 0 aliphatic heterocycles. The molecule has 0 bridgehead atoms. The summed E-state index contributed by atoms with van der Waals surface area (Å²) in [7, 11) is 2.95. The number of pyridine rings is 2. The highest BCUT2D eigenvalue weighted by atomic mass is 35.5. The fraction of sp³-hybridized carbons (Fsp3) is 0.208. The van der Waals surface area contributed by atoms with Crippen LogP contribution in [0.4, 0.5) is 5.69 Å². The predicted molar refractivity (Wildman–Crippen MR) is 133 cm³/mol. The predicted octanol–water partition coefficient (Wildman–Crippen LogP) is 4.97. The van der Waals surface area contributed by atoms with E-state index in [1.807, 2.05) is 26.0 Å². The Labute approximate surface area is 205 Å². The van der Waals surface area contributed by atoms with Crippen molar-refractivity contribution < 1.29 is 9.53 Å². The minimum absolute atomic E-state index is 0.0654. The third-order valence-electron chi connectivity index (χ3n) is 5.42. The molecule has 8 nitrogen and oxygen atoms in total. The number of hydrogen-bond donors (Lipinski definition) is 1. The van der Waals surface area contributed by atoms with Crippen molar-refractivity contribution in [1.82, 2.24) is 19.5 Å². The Hall–Kier alpha value is -3.49. The van der Waals surface area contributed by atoms with Crippen LogP contribution in [-0.2, 0) is 11.8 Å². The van der Waals surface area contributed by atoms with Gasteiger partial charge in [-0.3, -0.25) is 9.36 Å². The highest BCUT2D eigenvalue weighted by Crippen LogP contribution is 2.29. The minimum atomic E-state index is -0.615. The largest absolute Gasteiger partial charge is 0.464 e. The highest BCUT2D eigenvalue weighted by molar-refractivity contribution is 6.29. The molecule has 0 fully saturated rings. The molecule has 174 valence electrons. The van der Waals surface area contributed by atoms with Gasteiger partial charge < -0.3 is 10.1 Å². The Bertz CT molecular complexity index is 1470. The van der Waals surface area contributed by atoms with E-state index in [1.54, 1.807) is 37.5 Å². The van der Waals surface area contributed by atoms with Crippen LogP contribution in [0.25, 0.3) is 22.3 Å². The van der Waals surface area contributed by atoms with Crippen molar-refractivity contribution in [3.05, 3.63) is 80.1 Å². The first kappa shape index (κ1) is 23.7. The number of methoxy groups -OCH3 is 1. The number of aromatic nitrogens is 4. The van der Waals surface area contributed by atoms with Crippen LogP contribution < -0.4 is 10.9 Å². The summed E-state index contributed by atoms with van der Waals surface area (Å²) >= 11 is 11.9. The number of aryl methyl sites for hydroxylation is 1. The van der Waals surface area contributed by atoms with Gasteiger partial charge in [0.2, 0.25) is 0 Å². The van der Waals surface area contributed by atoms with Crippen molar-refractivity contribution in [2.45, 2.75) is 19.9 Å². The fourth-order valence-electron chi connectivity index (χ4n) is 3.76. The van der Waals surface area contributed by atoms with Crippen LogP contribution in [0.3, 0.4) is 0 Å². The SMILES string of the molecule is COC(=O)c1nc(Cl)ccc1N[C@H](C)c1cc(C)cc2c(=O)n(C)c(-c3ccc(Cl)nc3)nc12. The standard InChI is InChI=1S/C24H21Cl2N5O3/c1-12-9-15(13(2)28-17-6-8-19(26)29-21(17)24(33)34-4)20-16(10-12)23(32)31(3)22(30-20)14-5-7-18(25)27-11-14/h5-11,13,28H,1-4H3/t13-/m1/s1. The molecule has 0 unspecified atom stereocenters. The number of nitrogens with zero attached hydrogens (tertiary/aromatic N) is 4. The average Bonchev–Trinajstić information content (AvgIpc) is 2.82. The second kappa shape index (κ2) is 9.40. The zero-order valence-electron chi connectivity index (χ0n) is 18.9. The average molecular weight is 498 g/mol. The summed E-state index contributed by atoms with van der Waals surface area (Å²) in [5, 5.41) is 4.30. The molecule has 3 aromatic heterocycles. The zero-order valence-corrected chi connectivity index (χ0v) is 20.4. The number of halogens is 2. The van der Waals surface area contributed by atoms with E-state index in [9.17, 15) is 9.59 Å². The van der Waals surface area contributed by atoms with E-state index >= 15 is 0 Å². The van der Waals surface area contributed by atoms with Gasteiger partial charge in [0, 0.05) is 24.4 Å². The van der Waals surface area contributed by atoms with E-state index < -0.39 is 5.97 Å². The van der Waals surface area contributed by atoms with Crippen LogP contribution in [0.15, 0.2) is 47.4 Å². The maximum Gasteiger partial charge on any atom is 0.358 e. The number of esters is 1. The molecule has 3 heterocycles. The van der Waals surface area contributed by atoms with E-state index in [0.29, 0.717) is 33.1 Å². The van der Waals surface area contributed by atoms with Crippen molar-refractivity contribution in [3.63, 3.8) is 0 Å². The molecule has 4 aromatic rings. The van der Waals surface area contributed by atoms with Crippen LogP contribution in [0.2, 0.25) is 10.3 Å². The number of fused-ring (bicyclic) bond motifs is 1. The Morgan fingerprint density at radius 3 is 2.53 bits per heavy atom. The number of benzene rings is 1. The van der Waals surface area contributed by atoms with E-state index in [0.717, 1.165) is 11.1 Å². The van der Waals surface area contributed by atoms with Crippen LogP contribution in [0.1, 0.15) is 34.6 Å². The Kier molecular flexibility index (Phi) is 6.54. The summed E-state index contributed by atoms with van der Waals surface area (Å²) in [5.41, 5.74) is 3.21. The molecule has 0 amide bonds. The minimum Gasteiger partial charge on any atom is -0.464 e. The second-order valence-electron chi connectivity index (χ2n) is 7.81. The van der Waals surface area contributed by atoms with Crippen molar-refractivity contribution in [2.24, 2.45) is 7.05 Å². The van der Waals surface area contributed by atoms with E-state index in [4.69, 9.17) is 32.9 Å². The summed E-state index contributed by atoms with van der Waals surface area (Å²) in [6.07, 6.45) is 1.58. The number of carbonyl (C=O) groups excluding carboxylic acids is 1. The van der Waals surface area contributed by atoms with Gasteiger partial charge in [0.05, 0.1) is 29.7 Å². The number of hydrogen-bond acceptors (Lipinski definition) is 7. The van der Waals surface area contributed by atoms with Crippen molar-refractivity contribution in [3.8, 4) is 11.4 Å². The number of carbonyl (C=O) groups is 1. The van der Waals surface area contributed by atoms with Crippen molar-refractivity contribution in [2.75, 3.05) is 12.4 Å². The number of anilines is 1. The molecule has 10 heteroatoms. The molecule has 4 rings (SSSR count). The first-order valence-electron chi connectivity index (χ1n) is 10.3. The number of nitrogens with one attached hydrogen (secondary N) is 1. The molecule has 1 N–H and O–H groups in total. The third-order valence-corrected chi connectivity index (χ3v) is 5.85. The Morgan fingerprint density at radius 1 is 1.12 bits per heavy atom. The molecule has 1 atom stereocenters. The van der Waals surface area contributed by atoms with Gasteiger partial charge in [-0.15, -0.1) is 0 Å². The van der Waals surface area contributed by atoms with Crippen LogP contribution >= 0.6 is 23.2 Å². The molecule has 1 aromatic carbocycles. The normalized spacial score (nSPS) is 11.9. The molecule has 0 saturated heterocycles. The van der Waals surface area contributed by atoms with Gasteiger partial charge in [-0.1, -0.05) is 29.3 Å². The van der Waals surface area contributed by atoms with Crippen molar-refractivity contribution >= 4 is 45.8 Å². The van der Waals surface area contributed by atoms with E-state index in [2.05, 4.69) is 15.3 Å². The smallest absolute Gasteiger partial charge is 0.358 e. The monoisotopic (exact) mass is 497 g/mol. The maximum atomic E-state index is 13.3. The lowest BCUT2D eigenvalue weighted by Gasteiger charge is -2.20. The summed E-state index contributed by atoms with van der Waals surface area (Å²) in [5.74, 6) is -0.154. The summed E-state index contributed by atoms with van der Waals surface area (Å²) in [6, 6.07) is 10.1. The van der Waals surface area contributed by atoms with Gasteiger partial charge in [-0.2, -0.15) is 0 Å². The van der Waals surface area contributed by atoms with E-state index in [-0.39, 0.29) is 22.4 Å². The molecule has 0 radical (unpaired) electrons. The molecular formula is C24H21Cl2N5O3. The maximum absolute atomic E-state index is 13.3.